The highest BCUT2D eigenvalue weighted by molar-refractivity contribution is 9.10. The average Bonchev–Trinajstić information content (AvgIpc) is 2.31. The number of hydrogen-bond acceptors (Lipinski definition) is 3. The van der Waals surface area contributed by atoms with Crippen LogP contribution in [0.3, 0.4) is 0 Å². The van der Waals surface area contributed by atoms with E-state index in [1.807, 2.05) is 12.1 Å². The van der Waals surface area contributed by atoms with Gasteiger partial charge in [0.05, 0.1) is 0 Å². The third-order valence-corrected chi connectivity index (χ3v) is 3.06. The highest BCUT2D eigenvalue weighted by atomic mass is 79.9. The summed E-state index contributed by atoms with van der Waals surface area (Å²) in [6, 6.07) is 9.40. The molecular weight excluding hydrogens is 292 g/mol. The predicted octanol–water partition coefficient (Wildman–Crippen LogP) is 4.34. The van der Waals surface area contributed by atoms with Crippen LogP contribution in [0.15, 0.2) is 41.0 Å². The minimum Gasteiger partial charge on any atom is -0.439 e. The van der Waals surface area contributed by atoms with Crippen LogP contribution in [0.1, 0.15) is 25.3 Å². The minimum absolute atomic E-state index is 0.374. The molecule has 18 heavy (non-hydrogen) atoms. The van der Waals surface area contributed by atoms with Gasteiger partial charge in [-0.1, -0.05) is 29.8 Å². The summed E-state index contributed by atoms with van der Waals surface area (Å²) < 4.78 is 6.84. The number of benzene rings is 1. The lowest BCUT2D eigenvalue weighted by Crippen LogP contribution is -1.96. The fraction of sp³-hybridized carbons (Fsp3) is 0.214. The van der Waals surface area contributed by atoms with Crippen molar-refractivity contribution in [3.05, 3.63) is 46.6 Å². The fourth-order valence-electron chi connectivity index (χ4n) is 1.66. The Labute approximate surface area is 115 Å². The van der Waals surface area contributed by atoms with Crippen molar-refractivity contribution in [2.45, 2.75) is 19.8 Å². The minimum atomic E-state index is 0.374. The second-order valence-corrected chi connectivity index (χ2v) is 5.28. The Kier molecular flexibility index (Phi) is 3.87. The maximum Gasteiger partial charge on any atom is 0.221 e. The molecule has 0 aliphatic rings. The van der Waals surface area contributed by atoms with Crippen molar-refractivity contribution in [3.8, 4) is 11.6 Å². The normalized spacial score (nSPS) is 10.7. The lowest BCUT2D eigenvalue weighted by Gasteiger charge is -2.13. The summed E-state index contributed by atoms with van der Waals surface area (Å²) in [5.41, 5.74) is 7.48. The number of nitrogens with zero attached hydrogens (tertiary/aromatic N) is 1. The maximum atomic E-state index is 5.79. The molecule has 2 N–H and O–H groups in total. The molecule has 2 rings (SSSR count). The molecule has 0 radical (unpaired) electrons. The van der Waals surface area contributed by atoms with Gasteiger partial charge in [-0.15, -0.1) is 0 Å². The van der Waals surface area contributed by atoms with E-state index in [-0.39, 0.29) is 0 Å². The number of ether oxygens (including phenoxy) is 1. The Morgan fingerprint density at radius 2 is 2.00 bits per heavy atom. The fourth-order valence-corrected chi connectivity index (χ4v) is 2.04. The van der Waals surface area contributed by atoms with Gasteiger partial charge in [-0.25, -0.2) is 4.98 Å². The number of halogens is 1. The van der Waals surface area contributed by atoms with Crippen molar-refractivity contribution in [2.24, 2.45) is 0 Å². The Balaban J connectivity index is 2.34. The molecule has 0 fully saturated rings. The van der Waals surface area contributed by atoms with E-state index in [1.165, 1.54) is 0 Å². The van der Waals surface area contributed by atoms with Crippen LogP contribution in [-0.2, 0) is 0 Å². The lowest BCUT2D eigenvalue weighted by molar-refractivity contribution is 0.454. The van der Waals surface area contributed by atoms with Crippen LogP contribution in [0.5, 0.6) is 11.6 Å². The first kappa shape index (κ1) is 12.9. The molecule has 0 bridgehead atoms. The van der Waals surface area contributed by atoms with Gasteiger partial charge >= 0.3 is 0 Å². The Morgan fingerprint density at radius 1 is 1.22 bits per heavy atom. The molecule has 0 aliphatic carbocycles. The second-order valence-electron chi connectivity index (χ2n) is 4.37. The number of nitrogen functional groups attached to an aromatic ring is 1. The van der Waals surface area contributed by atoms with Crippen LogP contribution in [0, 0.1) is 0 Å². The third-order valence-electron chi connectivity index (χ3n) is 2.57. The number of rotatable bonds is 3. The molecule has 4 heteroatoms. The van der Waals surface area contributed by atoms with Gasteiger partial charge in [-0.05, 0) is 35.7 Å². The SMILES string of the molecule is CC(C)c1cc(Br)ccc1Oc1cc(N)ccn1. The smallest absolute Gasteiger partial charge is 0.221 e. The topological polar surface area (TPSA) is 48.1 Å². The lowest BCUT2D eigenvalue weighted by atomic mass is 10.0. The van der Waals surface area contributed by atoms with E-state index in [0.29, 0.717) is 17.5 Å². The Hall–Kier alpha value is -1.55. The zero-order valence-corrected chi connectivity index (χ0v) is 11.9. The highest BCUT2D eigenvalue weighted by Gasteiger charge is 2.10. The first-order valence-corrected chi connectivity index (χ1v) is 6.54. The van der Waals surface area contributed by atoms with Crippen molar-refractivity contribution < 1.29 is 4.74 Å². The quantitative estimate of drug-likeness (QED) is 0.917. The highest BCUT2D eigenvalue weighted by Crippen LogP contribution is 2.32. The molecule has 2 aromatic rings. The van der Waals surface area contributed by atoms with E-state index in [0.717, 1.165) is 15.8 Å². The van der Waals surface area contributed by atoms with Gasteiger partial charge in [0.15, 0.2) is 0 Å². The number of pyridine rings is 1. The van der Waals surface area contributed by atoms with Gasteiger partial charge in [0.2, 0.25) is 5.88 Å². The van der Waals surface area contributed by atoms with Crippen molar-refractivity contribution in [1.29, 1.82) is 0 Å². The molecule has 1 aromatic carbocycles. The maximum absolute atomic E-state index is 5.79. The Morgan fingerprint density at radius 3 is 2.67 bits per heavy atom. The van der Waals surface area contributed by atoms with Crippen molar-refractivity contribution in [2.75, 3.05) is 5.73 Å². The number of anilines is 1. The molecule has 0 spiro atoms. The van der Waals surface area contributed by atoms with Gasteiger partial charge in [0.25, 0.3) is 0 Å². The summed E-state index contributed by atoms with van der Waals surface area (Å²) in [4.78, 5) is 4.14. The van der Waals surface area contributed by atoms with E-state index in [9.17, 15) is 0 Å². The van der Waals surface area contributed by atoms with Gasteiger partial charge in [-0.2, -0.15) is 0 Å². The molecule has 0 saturated carbocycles. The van der Waals surface area contributed by atoms with Crippen molar-refractivity contribution in [3.63, 3.8) is 0 Å². The number of hydrogen-bond donors (Lipinski definition) is 1. The van der Waals surface area contributed by atoms with Crippen LogP contribution in [0.4, 0.5) is 5.69 Å². The largest absolute Gasteiger partial charge is 0.439 e. The van der Waals surface area contributed by atoms with Crippen LogP contribution in [-0.4, -0.2) is 4.98 Å². The summed E-state index contributed by atoms with van der Waals surface area (Å²) >= 11 is 3.47. The summed E-state index contributed by atoms with van der Waals surface area (Å²) in [6.07, 6.45) is 1.64. The molecule has 0 amide bonds. The molecular formula is C14H15BrN2O. The molecule has 1 aromatic heterocycles. The summed E-state index contributed by atoms with van der Waals surface area (Å²) in [5.74, 6) is 1.70. The van der Waals surface area contributed by atoms with E-state index in [1.54, 1.807) is 18.3 Å². The molecule has 1 heterocycles. The first-order valence-electron chi connectivity index (χ1n) is 5.75. The van der Waals surface area contributed by atoms with Crippen LogP contribution in [0.2, 0.25) is 0 Å². The monoisotopic (exact) mass is 306 g/mol. The molecule has 0 atom stereocenters. The van der Waals surface area contributed by atoms with Crippen LogP contribution in [0.25, 0.3) is 0 Å². The van der Waals surface area contributed by atoms with Gasteiger partial charge in [0, 0.05) is 22.4 Å². The van der Waals surface area contributed by atoms with E-state index in [4.69, 9.17) is 10.5 Å². The molecule has 0 saturated heterocycles. The zero-order valence-electron chi connectivity index (χ0n) is 10.4. The number of nitrogens with two attached hydrogens (primary N) is 1. The standard InChI is InChI=1S/C14H15BrN2O/c1-9(2)12-7-10(15)3-4-13(12)18-14-8-11(16)5-6-17-14/h3-9H,1-2H3,(H2,16,17). The Bertz CT molecular complexity index is 555. The predicted molar refractivity (Wildman–Crippen MR) is 77.0 cm³/mol. The molecule has 0 aliphatic heterocycles. The average molecular weight is 307 g/mol. The summed E-state index contributed by atoms with van der Waals surface area (Å²) in [6.45, 7) is 4.25. The first-order chi connectivity index (χ1) is 8.56. The van der Waals surface area contributed by atoms with E-state index in [2.05, 4.69) is 40.8 Å². The van der Waals surface area contributed by atoms with Gasteiger partial charge in [0.1, 0.15) is 5.75 Å². The van der Waals surface area contributed by atoms with Gasteiger partial charge < -0.3 is 10.5 Å². The molecule has 3 nitrogen and oxygen atoms in total. The zero-order chi connectivity index (χ0) is 13.1. The van der Waals surface area contributed by atoms with Crippen LogP contribution >= 0.6 is 15.9 Å². The van der Waals surface area contributed by atoms with E-state index < -0.39 is 0 Å². The third kappa shape index (κ3) is 3.01. The van der Waals surface area contributed by atoms with Crippen molar-refractivity contribution in [1.82, 2.24) is 4.98 Å². The van der Waals surface area contributed by atoms with Crippen molar-refractivity contribution >= 4 is 21.6 Å². The molecule has 94 valence electrons. The van der Waals surface area contributed by atoms with Gasteiger partial charge in [-0.3, -0.25) is 0 Å². The van der Waals surface area contributed by atoms with Crippen LogP contribution < -0.4 is 10.5 Å². The van der Waals surface area contributed by atoms with E-state index >= 15 is 0 Å². The number of aromatic nitrogens is 1. The summed E-state index contributed by atoms with van der Waals surface area (Å²) in [5, 5.41) is 0. The molecule has 0 unspecified atom stereocenters. The second kappa shape index (κ2) is 5.40. The summed E-state index contributed by atoms with van der Waals surface area (Å²) in [7, 11) is 0.